The zero-order chi connectivity index (χ0) is 9.54. The number of aromatic amines is 1. The van der Waals surface area contributed by atoms with Gasteiger partial charge in [0.1, 0.15) is 0 Å². The molecule has 0 saturated heterocycles. The fourth-order valence-corrected chi connectivity index (χ4v) is 2.39. The van der Waals surface area contributed by atoms with Gasteiger partial charge in [-0.15, -0.1) is 0 Å². The Bertz CT molecular complexity index is 510. The Hall–Kier alpha value is -1.57. The molecule has 2 nitrogen and oxygen atoms in total. The van der Waals surface area contributed by atoms with Gasteiger partial charge >= 0.3 is 0 Å². The van der Waals surface area contributed by atoms with Crippen LogP contribution in [0.4, 0.5) is 0 Å². The molecule has 0 unspecified atom stereocenters. The Kier molecular flexibility index (Phi) is 1.51. The van der Waals surface area contributed by atoms with Crippen molar-refractivity contribution in [2.75, 3.05) is 0 Å². The fourth-order valence-electron chi connectivity index (χ4n) is 2.39. The molecule has 70 valence electrons. The van der Waals surface area contributed by atoms with Gasteiger partial charge in [-0.05, 0) is 30.9 Å². The molecule has 0 atom stereocenters. The largest absolute Gasteiger partial charge is 0.358 e. The van der Waals surface area contributed by atoms with Gasteiger partial charge in [0.2, 0.25) is 0 Å². The summed E-state index contributed by atoms with van der Waals surface area (Å²) in [6.07, 6.45) is 4.44. The first-order valence-electron chi connectivity index (χ1n) is 4.98. The fraction of sp³-hybridized carbons (Fsp3) is 0.250. The van der Waals surface area contributed by atoms with Crippen molar-refractivity contribution in [2.24, 2.45) is 0 Å². The van der Waals surface area contributed by atoms with Crippen LogP contribution in [0, 0.1) is 0 Å². The van der Waals surface area contributed by atoms with Crippen LogP contribution in [0.15, 0.2) is 18.2 Å². The van der Waals surface area contributed by atoms with Crippen molar-refractivity contribution in [1.82, 2.24) is 4.98 Å². The number of aryl methyl sites for hydroxylation is 2. The Morgan fingerprint density at radius 1 is 1.29 bits per heavy atom. The highest BCUT2D eigenvalue weighted by Gasteiger charge is 2.17. The summed E-state index contributed by atoms with van der Waals surface area (Å²) < 4.78 is 0. The van der Waals surface area contributed by atoms with E-state index in [1.54, 1.807) is 0 Å². The molecule has 3 rings (SSSR count). The number of aromatic nitrogens is 1. The first-order valence-corrected chi connectivity index (χ1v) is 4.98. The van der Waals surface area contributed by atoms with Crippen molar-refractivity contribution in [3.05, 3.63) is 35.0 Å². The third-order valence-electron chi connectivity index (χ3n) is 3.04. The zero-order valence-electron chi connectivity index (χ0n) is 7.84. The summed E-state index contributed by atoms with van der Waals surface area (Å²) in [5, 5.41) is 1.24. The van der Waals surface area contributed by atoms with Gasteiger partial charge in [0.25, 0.3) is 0 Å². The van der Waals surface area contributed by atoms with Crippen LogP contribution in [0.2, 0.25) is 0 Å². The van der Waals surface area contributed by atoms with Crippen LogP contribution >= 0.6 is 0 Å². The maximum absolute atomic E-state index is 10.8. The molecule has 0 fully saturated rings. The molecule has 1 aromatic carbocycles. The molecule has 2 heteroatoms. The average molecular weight is 185 g/mol. The SMILES string of the molecule is O=Cc1cccc2c3c([nH]c12)CCC3. The quantitative estimate of drug-likeness (QED) is 0.680. The van der Waals surface area contributed by atoms with Gasteiger partial charge in [-0.1, -0.05) is 12.1 Å². The van der Waals surface area contributed by atoms with Crippen LogP contribution < -0.4 is 0 Å². The van der Waals surface area contributed by atoms with E-state index in [0.29, 0.717) is 0 Å². The molecule has 1 aliphatic carbocycles. The Labute approximate surface area is 81.9 Å². The first-order chi connectivity index (χ1) is 6.90. The second kappa shape index (κ2) is 2.71. The number of para-hydroxylation sites is 1. The summed E-state index contributed by atoms with van der Waals surface area (Å²) >= 11 is 0. The van der Waals surface area contributed by atoms with Gasteiger partial charge < -0.3 is 4.98 Å². The smallest absolute Gasteiger partial charge is 0.152 e. The predicted octanol–water partition coefficient (Wildman–Crippen LogP) is 2.47. The van der Waals surface area contributed by atoms with Crippen LogP contribution in [0.1, 0.15) is 28.0 Å². The van der Waals surface area contributed by atoms with E-state index in [0.717, 1.165) is 30.2 Å². The van der Waals surface area contributed by atoms with Crippen molar-refractivity contribution >= 4 is 17.2 Å². The lowest BCUT2D eigenvalue weighted by molar-refractivity contribution is 0.112. The van der Waals surface area contributed by atoms with Crippen molar-refractivity contribution in [1.29, 1.82) is 0 Å². The van der Waals surface area contributed by atoms with Crippen LogP contribution in [-0.4, -0.2) is 11.3 Å². The van der Waals surface area contributed by atoms with Crippen molar-refractivity contribution in [3.8, 4) is 0 Å². The minimum absolute atomic E-state index is 0.775. The molecular weight excluding hydrogens is 174 g/mol. The van der Waals surface area contributed by atoms with Crippen LogP contribution in [0.5, 0.6) is 0 Å². The Morgan fingerprint density at radius 3 is 3.07 bits per heavy atom. The number of carbonyl (C=O) groups excluding carboxylic acids is 1. The summed E-state index contributed by atoms with van der Waals surface area (Å²) in [7, 11) is 0. The summed E-state index contributed by atoms with van der Waals surface area (Å²) in [5.74, 6) is 0. The van der Waals surface area contributed by atoms with E-state index in [2.05, 4.69) is 11.1 Å². The van der Waals surface area contributed by atoms with E-state index in [4.69, 9.17) is 0 Å². The third kappa shape index (κ3) is 0.882. The van der Waals surface area contributed by atoms with E-state index in [1.807, 2.05) is 12.1 Å². The molecule has 0 amide bonds. The Balaban J connectivity index is 2.41. The highest BCUT2D eigenvalue weighted by molar-refractivity contribution is 5.98. The number of aldehydes is 1. The van der Waals surface area contributed by atoms with Gasteiger partial charge in [-0.3, -0.25) is 4.79 Å². The normalized spacial score (nSPS) is 14.6. The predicted molar refractivity (Wildman–Crippen MR) is 55.7 cm³/mol. The number of fused-ring (bicyclic) bond motifs is 3. The van der Waals surface area contributed by atoms with Crippen LogP contribution in [0.3, 0.4) is 0 Å². The van der Waals surface area contributed by atoms with E-state index in [1.165, 1.54) is 23.1 Å². The van der Waals surface area contributed by atoms with E-state index >= 15 is 0 Å². The van der Waals surface area contributed by atoms with Crippen molar-refractivity contribution in [3.63, 3.8) is 0 Å². The standard InChI is InChI=1S/C12H11NO/c14-7-8-3-1-5-10-9-4-2-6-11(9)13-12(8)10/h1,3,5,7,13H,2,4,6H2. The highest BCUT2D eigenvalue weighted by atomic mass is 16.1. The number of hydrogen-bond acceptors (Lipinski definition) is 1. The summed E-state index contributed by atoms with van der Waals surface area (Å²) in [6, 6.07) is 5.92. The molecule has 1 N–H and O–H groups in total. The lowest BCUT2D eigenvalue weighted by atomic mass is 10.1. The van der Waals surface area contributed by atoms with Crippen molar-refractivity contribution in [2.45, 2.75) is 19.3 Å². The molecule has 1 heterocycles. The zero-order valence-corrected chi connectivity index (χ0v) is 7.84. The highest BCUT2D eigenvalue weighted by Crippen LogP contribution is 2.30. The van der Waals surface area contributed by atoms with Crippen LogP contribution in [-0.2, 0) is 12.8 Å². The molecule has 0 radical (unpaired) electrons. The van der Waals surface area contributed by atoms with Crippen molar-refractivity contribution < 1.29 is 4.79 Å². The first kappa shape index (κ1) is 7.80. The summed E-state index contributed by atoms with van der Waals surface area (Å²) in [4.78, 5) is 14.2. The lowest BCUT2D eigenvalue weighted by Gasteiger charge is -1.95. The van der Waals surface area contributed by atoms with Gasteiger partial charge in [0, 0.05) is 16.6 Å². The summed E-state index contributed by atoms with van der Waals surface area (Å²) in [5.41, 5.74) is 4.54. The number of carbonyl (C=O) groups is 1. The molecule has 2 aromatic rings. The van der Waals surface area contributed by atoms with E-state index in [9.17, 15) is 4.79 Å². The van der Waals surface area contributed by atoms with E-state index in [-0.39, 0.29) is 0 Å². The van der Waals surface area contributed by atoms with E-state index < -0.39 is 0 Å². The Morgan fingerprint density at radius 2 is 2.21 bits per heavy atom. The lowest BCUT2D eigenvalue weighted by Crippen LogP contribution is -1.83. The minimum Gasteiger partial charge on any atom is -0.358 e. The second-order valence-corrected chi connectivity index (χ2v) is 3.82. The number of benzene rings is 1. The molecule has 14 heavy (non-hydrogen) atoms. The molecule has 1 aliphatic rings. The molecular formula is C12H11NO. The van der Waals surface area contributed by atoms with Gasteiger partial charge in [0.15, 0.2) is 6.29 Å². The molecule has 0 aliphatic heterocycles. The van der Waals surface area contributed by atoms with Gasteiger partial charge in [0.05, 0.1) is 5.52 Å². The van der Waals surface area contributed by atoms with Crippen LogP contribution in [0.25, 0.3) is 10.9 Å². The monoisotopic (exact) mass is 185 g/mol. The minimum atomic E-state index is 0.775. The van der Waals surface area contributed by atoms with Gasteiger partial charge in [-0.2, -0.15) is 0 Å². The second-order valence-electron chi connectivity index (χ2n) is 3.82. The molecule has 0 saturated carbocycles. The topological polar surface area (TPSA) is 32.9 Å². The molecule has 0 spiro atoms. The number of H-pyrrole nitrogens is 1. The number of nitrogens with one attached hydrogen (secondary N) is 1. The summed E-state index contributed by atoms with van der Waals surface area (Å²) in [6.45, 7) is 0. The van der Waals surface area contributed by atoms with Gasteiger partial charge in [-0.25, -0.2) is 0 Å². The number of rotatable bonds is 1. The molecule has 1 aromatic heterocycles. The molecule has 0 bridgehead atoms. The maximum atomic E-state index is 10.8. The third-order valence-corrected chi connectivity index (χ3v) is 3.04. The maximum Gasteiger partial charge on any atom is 0.152 e. The average Bonchev–Trinajstić information content (AvgIpc) is 2.76. The number of hydrogen-bond donors (Lipinski definition) is 1.